The van der Waals surface area contributed by atoms with Crippen molar-refractivity contribution in [2.45, 2.75) is 0 Å². The first-order valence-corrected chi connectivity index (χ1v) is 7.70. The van der Waals surface area contributed by atoms with Gasteiger partial charge in [-0.3, -0.25) is 0 Å². The Morgan fingerprint density at radius 3 is 2.06 bits per heavy atom. The summed E-state index contributed by atoms with van der Waals surface area (Å²) in [5.41, 5.74) is 0. The van der Waals surface area contributed by atoms with Gasteiger partial charge in [0.15, 0.2) is 0 Å². The van der Waals surface area contributed by atoms with Gasteiger partial charge in [0, 0.05) is 0 Å². The third-order valence-corrected chi connectivity index (χ3v) is 5.86. The van der Waals surface area contributed by atoms with Gasteiger partial charge < -0.3 is 0 Å². The van der Waals surface area contributed by atoms with E-state index in [1.807, 2.05) is 30.3 Å². The van der Waals surface area contributed by atoms with Crippen LogP contribution >= 0.6 is 12.4 Å². The molecule has 2 rings (SSSR count). The molecule has 0 aliphatic rings. The molecule has 0 unspecified atom stereocenters. The second-order valence-electron chi connectivity index (χ2n) is 3.41. The van der Waals surface area contributed by atoms with Gasteiger partial charge in [0.25, 0.3) is 0 Å². The molecule has 0 saturated carbocycles. The summed E-state index contributed by atoms with van der Waals surface area (Å²) in [5, 5.41) is 0. The van der Waals surface area contributed by atoms with Crippen molar-refractivity contribution in [3.63, 3.8) is 0 Å². The van der Waals surface area contributed by atoms with Crippen LogP contribution in [-0.2, 0) is 17.1 Å². The predicted molar refractivity (Wildman–Crippen MR) is 59.3 cm³/mol. The summed E-state index contributed by atoms with van der Waals surface area (Å²) in [4.78, 5) is 0. The molecule has 0 radical (unpaired) electrons. The quantitative estimate of drug-likeness (QED) is 0.746. The van der Waals surface area contributed by atoms with Gasteiger partial charge in [-0.1, -0.05) is 0 Å². The van der Waals surface area contributed by atoms with Crippen LogP contribution in [0.5, 0.6) is 0 Å². The molecular formula is C12H9ClF2Zn. The maximum absolute atomic E-state index is 12.9. The van der Waals surface area contributed by atoms with Gasteiger partial charge in [-0.25, -0.2) is 0 Å². The van der Waals surface area contributed by atoms with E-state index in [1.54, 1.807) is 6.07 Å². The minimum atomic E-state index is -1.13. The molecule has 0 aliphatic heterocycles. The third kappa shape index (κ3) is 3.36. The number of hydrogen-bond donors (Lipinski definition) is 0. The van der Waals surface area contributed by atoms with E-state index in [-0.39, 0.29) is 12.4 Å². The Bertz CT molecular complexity index is 460. The number of halogens is 3. The standard InChI is InChI=1S/C6H3F2.C6H5.ClH.Zn/c7-5-3-1-2-4-6(5)8;1-2-4-6-5-3-1;;/h1,3-4H;1-5H;1H;. The normalized spacial score (nSPS) is 9.12. The van der Waals surface area contributed by atoms with E-state index in [0.29, 0.717) is 0 Å². The molecule has 0 fully saturated rings. The molecule has 0 aromatic heterocycles. The van der Waals surface area contributed by atoms with Crippen LogP contribution in [0.25, 0.3) is 0 Å². The van der Waals surface area contributed by atoms with Crippen molar-refractivity contribution in [1.82, 2.24) is 0 Å². The first-order valence-electron chi connectivity index (χ1n) is 4.73. The summed E-state index contributed by atoms with van der Waals surface area (Å²) in [6.07, 6.45) is 0. The van der Waals surface area contributed by atoms with Crippen molar-refractivity contribution in [1.29, 1.82) is 0 Å². The summed E-state index contributed by atoms with van der Waals surface area (Å²) in [6.45, 7) is 0. The van der Waals surface area contributed by atoms with Gasteiger partial charge in [0.05, 0.1) is 0 Å². The Kier molecular flexibility index (Phi) is 5.04. The Morgan fingerprint density at radius 2 is 1.44 bits per heavy atom. The average Bonchev–Trinajstić information content (AvgIpc) is 2.25. The molecular weight excluding hydrogens is 283 g/mol. The Morgan fingerprint density at radius 1 is 0.750 bits per heavy atom. The molecule has 0 heterocycles. The summed E-state index contributed by atoms with van der Waals surface area (Å²) in [6, 6.07) is 14.2. The molecule has 2 aromatic carbocycles. The zero-order valence-corrected chi connectivity index (χ0v) is 12.3. The van der Waals surface area contributed by atoms with E-state index in [2.05, 4.69) is 0 Å². The summed E-state index contributed by atoms with van der Waals surface area (Å²) >= 11 is -1.13. The van der Waals surface area contributed by atoms with Crippen molar-refractivity contribution in [3.05, 3.63) is 60.2 Å². The van der Waals surface area contributed by atoms with E-state index in [1.165, 1.54) is 16.3 Å². The van der Waals surface area contributed by atoms with Crippen LogP contribution in [0.3, 0.4) is 0 Å². The van der Waals surface area contributed by atoms with Gasteiger partial charge in [-0.05, 0) is 0 Å². The van der Waals surface area contributed by atoms with E-state index in [0.717, 1.165) is 4.16 Å². The van der Waals surface area contributed by atoms with Crippen LogP contribution in [0.1, 0.15) is 0 Å². The average molecular weight is 292 g/mol. The summed E-state index contributed by atoms with van der Waals surface area (Å²) in [5.74, 6) is -1.51. The Labute approximate surface area is 107 Å². The maximum atomic E-state index is 12.9. The first kappa shape index (κ1) is 13.3. The monoisotopic (exact) mass is 290 g/mol. The third-order valence-electron chi connectivity index (χ3n) is 2.24. The van der Waals surface area contributed by atoms with E-state index < -0.39 is 28.8 Å². The summed E-state index contributed by atoms with van der Waals surface area (Å²) < 4.78 is 27.9. The van der Waals surface area contributed by atoms with E-state index in [4.69, 9.17) is 0 Å². The first-order chi connectivity index (χ1) is 7.25. The molecule has 0 N–H and O–H groups in total. The molecule has 80 valence electrons. The fourth-order valence-corrected chi connectivity index (χ4v) is 4.62. The Hall–Kier alpha value is -0.787. The van der Waals surface area contributed by atoms with Crippen LogP contribution < -0.4 is 8.32 Å². The van der Waals surface area contributed by atoms with Crippen LogP contribution in [0.15, 0.2) is 48.5 Å². The second-order valence-corrected chi connectivity index (χ2v) is 7.58. The van der Waals surface area contributed by atoms with Crippen molar-refractivity contribution in [3.8, 4) is 0 Å². The molecule has 0 amide bonds. The van der Waals surface area contributed by atoms with Crippen LogP contribution in [0.4, 0.5) is 8.78 Å². The van der Waals surface area contributed by atoms with Gasteiger partial charge in [0.1, 0.15) is 0 Å². The van der Waals surface area contributed by atoms with Crippen molar-refractivity contribution >= 4 is 20.7 Å². The SMILES string of the molecule is Cl.Fc1cc[c]([Zn][c]2ccccc2)cc1F. The molecule has 16 heavy (non-hydrogen) atoms. The van der Waals surface area contributed by atoms with Crippen molar-refractivity contribution in [2.75, 3.05) is 0 Å². The van der Waals surface area contributed by atoms with Gasteiger partial charge >= 0.3 is 94.4 Å². The van der Waals surface area contributed by atoms with Crippen LogP contribution in [-0.4, -0.2) is 0 Å². The number of rotatable bonds is 2. The number of benzene rings is 2. The van der Waals surface area contributed by atoms with Crippen molar-refractivity contribution < 1.29 is 25.9 Å². The molecule has 0 atom stereocenters. The molecule has 0 nitrogen and oxygen atoms in total. The zero-order chi connectivity index (χ0) is 10.7. The zero-order valence-electron chi connectivity index (χ0n) is 8.49. The summed E-state index contributed by atoms with van der Waals surface area (Å²) in [7, 11) is 0. The minimum absolute atomic E-state index is 0. The molecule has 0 saturated heterocycles. The fourth-order valence-electron chi connectivity index (χ4n) is 1.48. The molecule has 2 aromatic rings. The topological polar surface area (TPSA) is 0 Å². The van der Waals surface area contributed by atoms with Gasteiger partial charge in [-0.2, -0.15) is 0 Å². The molecule has 0 spiro atoms. The second kappa shape index (κ2) is 6.07. The number of hydrogen-bond acceptors (Lipinski definition) is 0. The molecule has 0 bridgehead atoms. The molecule has 0 aliphatic carbocycles. The van der Waals surface area contributed by atoms with E-state index >= 15 is 0 Å². The van der Waals surface area contributed by atoms with Crippen LogP contribution in [0.2, 0.25) is 0 Å². The van der Waals surface area contributed by atoms with Gasteiger partial charge in [-0.15, -0.1) is 12.4 Å². The van der Waals surface area contributed by atoms with Crippen molar-refractivity contribution in [2.24, 2.45) is 0 Å². The van der Waals surface area contributed by atoms with Gasteiger partial charge in [0.2, 0.25) is 0 Å². The molecule has 4 heteroatoms. The van der Waals surface area contributed by atoms with E-state index in [9.17, 15) is 8.78 Å². The fraction of sp³-hybridized carbons (Fsp3) is 0. The Balaban J connectivity index is 0.00000128. The predicted octanol–water partition coefficient (Wildman–Crippen LogP) is 2.42. The van der Waals surface area contributed by atoms with Crippen LogP contribution in [0, 0.1) is 11.6 Å².